The fourth-order valence-electron chi connectivity index (χ4n) is 2.66. The van der Waals surface area contributed by atoms with Gasteiger partial charge in [0.25, 0.3) is 0 Å². The maximum absolute atomic E-state index is 4.65. The van der Waals surface area contributed by atoms with Crippen molar-refractivity contribution < 1.29 is 0 Å². The molecule has 0 atom stereocenters. The SMILES string of the molecule is Cc1ccc(Cc2nc(N3CCCNCC3)n[nH]2)cc1C. The molecule has 1 aliphatic rings. The van der Waals surface area contributed by atoms with Gasteiger partial charge in [-0.05, 0) is 43.5 Å². The third kappa shape index (κ3) is 3.42. The standard InChI is InChI=1S/C16H23N5/c1-12-4-5-14(10-13(12)2)11-15-18-16(20-19-15)21-8-3-6-17-7-9-21/h4-5,10,17H,3,6-9,11H2,1-2H3,(H,18,19,20). The number of aromatic nitrogens is 3. The number of benzene rings is 1. The molecule has 2 heterocycles. The van der Waals surface area contributed by atoms with E-state index in [0.717, 1.165) is 50.8 Å². The molecule has 21 heavy (non-hydrogen) atoms. The van der Waals surface area contributed by atoms with Gasteiger partial charge in [0, 0.05) is 26.1 Å². The molecule has 1 fully saturated rings. The van der Waals surface area contributed by atoms with Crippen LogP contribution in [0.4, 0.5) is 5.95 Å². The number of rotatable bonds is 3. The van der Waals surface area contributed by atoms with Crippen LogP contribution in [0.25, 0.3) is 0 Å². The Hall–Kier alpha value is -1.88. The van der Waals surface area contributed by atoms with Crippen molar-refractivity contribution in [3.05, 3.63) is 40.7 Å². The van der Waals surface area contributed by atoms with Gasteiger partial charge in [-0.3, -0.25) is 5.10 Å². The molecule has 5 heteroatoms. The molecule has 5 nitrogen and oxygen atoms in total. The van der Waals surface area contributed by atoms with Crippen molar-refractivity contribution in [1.29, 1.82) is 0 Å². The minimum Gasteiger partial charge on any atom is -0.338 e. The second kappa shape index (κ2) is 6.26. The Morgan fingerprint density at radius 1 is 1.14 bits per heavy atom. The van der Waals surface area contributed by atoms with Crippen molar-refractivity contribution in [2.75, 3.05) is 31.1 Å². The Morgan fingerprint density at radius 2 is 2.05 bits per heavy atom. The van der Waals surface area contributed by atoms with Crippen LogP contribution in [0.5, 0.6) is 0 Å². The molecular weight excluding hydrogens is 262 g/mol. The van der Waals surface area contributed by atoms with Crippen LogP contribution < -0.4 is 10.2 Å². The minimum atomic E-state index is 0.806. The fourth-order valence-corrected chi connectivity index (χ4v) is 2.66. The van der Waals surface area contributed by atoms with Crippen LogP contribution in [0.3, 0.4) is 0 Å². The highest BCUT2D eigenvalue weighted by molar-refractivity contribution is 5.33. The van der Waals surface area contributed by atoms with Gasteiger partial charge in [-0.25, -0.2) is 0 Å². The highest BCUT2D eigenvalue weighted by Crippen LogP contribution is 2.14. The lowest BCUT2D eigenvalue weighted by Crippen LogP contribution is -2.28. The molecular formula is C16H23N5. The Kier molecular flexibility index (Phi) is 4.20. The van der Waals surface area contributed by atoms with Crippen LogP contribution in [-0.2, 0) is 6.42 Å². The van der Waals surface area contributed by atoms with Crippen molar-refractivity contribution >= 4 is 5.95 Å². The monoisotopic (exact) mass is 285 g/mol. The average molecular weight is 285 g/mol. The van der Waals surface area contributed by atoms with E-state index in [1.54, 1.807) is 0 Å². The zero-order chi connectivity index (χ0) is 14.7. The molecule has 0 radical (unpaired) electrons. The van der Waals surface area contributed by atoms with E-state index in [4.69, 9.17) is 0 Å². The second-order valence-electron chi connectivity index (χ2n) is 5.77. The lowest BCUT2D eigenvalue weighted by molar-refractivity contribution is 0.724. The van der Waals surface area contributed by atoms with E-state index < -0.39 is 0 Å². The molecule has 0 spiro atoms. The number of hydrogen-bond acceptors (Lipinski definition) is 4. The molecule has 0 saturated carbocycles. The van der Waals surface area contributed by atoms with E-state index >= 15 is 0 Å². The molecule has 3 rings (SSSR count). The lowest BCUT2D eigenvalue weighted by atomic mass is 10.0. The van der Waals surface area contributed by atoms with Gasteiger partial charge in [0.1, 0.15) is 5.82 Å². The van der Waals surface area contributed by atoms with E-state index in [1.165, 1.54) is 16.7 Å². The van der Waals surface area contributed by atoms with Gasteiger partial charge in [-0.15, -0.1) is 5.10 Å². The van der Waals surface area contributed by atoms with Crippen molar-refractivity contribution in [2.45, 2.75) is 26.7 Å². The first-order valence-electron chi connectivity index (χ1n) is 7.65. The van der Waals surface area contributed by atoms with Crippen LogP contribution in [0.2, 0.25) is 0 Å². The molecule has 2 aromatic rings. The topological polar surface area (TPSA) is 56.8 Å². The smallest absolute Gasteiger partial charge is 0.244 e. The molecule has 112 valence electrons. The average Bonchev–Trinajstić information content (AvgIpc) is 2.76. The third-order valence-corrected chi connectivity index (χ3v) is 4.09. The summed E-state index contributed by atoms with van der Waals surface area (Å²) in [4.78, 5) is 6.90. The van der Waals surface area contributed by atoms with Crippen LogP contribution in [0.1, 0.15) is 28.9 Å². The summed E-state index contributed by atoms with van der Waals surface area (Å²) in [6.07, 6.45) is 1.95. The number of nitrogens with zero attached hydrogens (tertiary/aromatic N) is 3. The summed E-state index contributed by atoms with van der Waals surface area (Å²) in [7, 11) is 0. The molecule has 2 N–H and O–H groups in total. The summed E-state index contributed by atoms with van der Waals surface area (Å²) < 4.78 is 0. The van der Waals surface area contributed by atoms with Gasteiger partial charge in [-0.2, -0.15) is 4.98 Å². The molecule has 1 saturated heterocycles. The molecule has 1 aromatic heterocycles. The summed E-state index contributed by atoms with van der Waals surface area (Å²) in [6, 6.07) is 6.57. The van der Waals surface area contributed by atoms with Crippen LogP contribution >= 0.6 is 0 Å². The molecule has 0 unspecified atom stereocenters. The number of anilines is 1. The van der Waals surface area contributed by atoms with Gasteiger partial charge in [-0.1, -0.05) is 18.2 Å². The van der Waals surface area contributed by atoms with E-state index in [2.05, 4.69) is 57.4 Å². The Labute approximate surface area is 125 Å². The maximum atomic E-state index is 4.65. The fraction of sp³-hybridized carbons (Fsp3) is 0.500. The quantitative estimate of drug-likeness (QED) is 0.903. The van der Waals surface area contributed by atoms with Crippen LogP contribution in [-0.4, -0.2) is 41.4 Å². The zero-order valence-electron chi connectivity index (χ0n) is 12.8. The summed E-state index contributed by atoms with van der Waals surface area (Å²) in [6.45, 7) is 8.36. The molecule has 0 aliphatic carbocycles. The van der Waals surface area contributed by atoms with Gasteiger partial charge in [0.2, 0.25) is 5.95 Å². The minimum absolute atomic E-state index is 0.806. The first kappa shape index (κ1) is 14.1. The molecule has 0 bridgehead atoms. The Bertz CT molecular complexity index is 596. The van der Waals surface area contributed by atoms with Gasteiger partial charge < -0.3 is 10.2 Å². The first-order chi connectivity index (χ1) is 10.2. The zero-order valence-corrected chi connectivity index (χ0v) is 12.8. The van der Waals surface area contributed by atoms with Gasteiger partial charge >= 0.3 is 0 Å². The normalized spacial score (nSPS) is 16.0. The third-order valence-electron chi connectivity index (χ3n) is 4.09. The summed E-state index contributed by atoms with van der Waals surface area (Å²) in [5, 5.41) is 10.9. The predicted octanol–water partition coefficient (Wildman–Crippen LogP) is 1.81. The predicted molar refractivity (Wildman–Crippen MR) is 84.8 cm³/mol. The summed E-state index contributed by atoms with van der Waals surface area (Å²) in [5.74, 6) is 1.77. The molecule has 0 amide bonds. The van der Waals surface area contributed by atoms with Crippen molar-refractivity contribution in [3.8, 4) is 0 Å². The summed E-state index contributed by atoms with van der Waals surface area (Å²) in [5.41, 5.74) is 3.93. The lowest BCUT2D eigenvalue weighted by Gasteiger charge is -2.16. The second-order valence-corrected chi connectivity index (χ2v) is 5.77. The van der Waals surface area contributed by atoms with Gasteiger partial charge in [0.05, 0.1) is 0 Å². The summed E-state index contributed by atoms with van der Waals surface area (Å²) >= 11 is 0. The highest BCUT2D eigenvalue weighted by atomic mass is 15.4. The first-order valence-corrected chi connectivity index (χ1v) is 7.65. The van der Waals surface area contributed by atoms with E-state index in [0.29, 0.717) is 0 Å². The Morgan fingerprint density at radius 3 is 2.90 bits per heavy atom. The van der Waals surface area contributed by atoms with Gasteiger partial charge in [0.15, 0.2) is 0 Å². The number of aromatic amines is 1. The number of nitrogens with one attached hydrogen (secondary N) is 2. The van der Waals surface area contributed by atoms with E-state index in [-0.39, 0.29) is 0 Å². The highest BCUT2D eigenvalue weighted by Gasteiger charge is 2.14. The van der Waals surface area contributed by atoms with E-state index in [1.807, 2.05) is 0 Å². The largest absolute Gasteiger partial charge is 0.338 e. The van der Waals surface area contributed by atoms with Crippen molar-refractivity contribution in [1.82, 2.24) is 20.5 Å². The number of hydrogen-bond donors (Lipinski definition) is 2. The van der Waals surface area contributed by atoms with Crippen molar-refractivity contribution in [3.63, 3.8) is 0 Å². The molecule has 1 aromatic carbocycles. The van der Waals surface area contributed by atoms with Crippen LogP contribution in [0, 0.1) is 13.8 Å². The van der Waals surface area contributed by atoms with E-state index in [9.17, 15) is 0 Å². The van der Waals surface area contributed by atoms with Crippen LogP contribution in [0.15, 0.2) is 18.2 Å². The number of aryl methyl sites for hydroxylation is 2. The van der Waals surface area contributed by atoms with Crippen molar-refractivity contribution in [2.24, 2.45) is 0 Å². The Balaban J connectivity index is 1.70. The molecule has 1 aliphatic heterocycles. The maximum Gasteiger partial charge on any atom is 0.244 e. The number of H-pyrrole nitrogens is 1.